The predicted octanol–water partition coefficient (Wildman–Crippen LogP) is 1.57. The van der Waals surface area contributed by atoms with Crippen LogP contribution in [0.25, 0.3) is 0 Å². The van der Waals surface area contributed by atoms with Gasteiger partial charge in [-0.15, -0.1) is 0 Å². The van der Waals surface area contributed by atoms with Crippen molar-refractivity contribution in [1.29, 1.82) is 0 Å². The Labute approximate surface area is 141 Å². The van der Waals surface area contributed by atoms with Crippen molar-refractivity contribution in [2.24, 2.45) is 0 Å². The van der Waals surface area contributed by atoms with Gasteiger partial charge in [-0.2, -0.15) is 4.31 Å². The van der Waals surface area contributed by atoms with Crippen LogP contribution in [0, 0.1) is 10.1 Å². The molecule has 0 aromatic heterocycles. The van der Waals surface area contributed by atoms with Crippen LogP contribution < -0.4 is 0 Å². The highest BCUT2D eigenvalue weighted by Crippen LogP contribution is 2.27. The molecule has 10 heteroatoms. The third-order valence-electron chi connectivity index (χ3n) is 3.98. The van der Waals surface area contributed by atoms with Crippen LogP contribution in [0.4, 0.5) is 5.69 Å². The number of hydrogen-bond donors (Lipinski definition) is 0. The van der Waals surface area contributed by atoms with Crippen LogP contribution in [0.5, 0.6) is 0 Å². The van der Waals surface area contributed by atoms with E-state index in [1.54, 1.807) is 0 Å². The first-order valence-electron chi connectivity index (χ1n) is 7.64. The fourth-order valence-corrected chi connectivity index (χ4v) is 6.27. The molecular weight excluding hydrogens is 356 g/mol. The first-order chi connectivity index (χ1) is 11.2. The Morgan fingerprint density at radius 1 is 1.38 bits per heavy atom. The molecular formula is C14H20N2O6S2. The number of non-ortho nitro benzene ring substituents is 1. The quantitative estimate of drug-likeness (QED) is 0.527. The van der Waals surface area contributed by atoms with Gasteiger partial charge in [0.2, 0.25) is 10.0 Å². The summed E-state index contributed by atoms with van der Waals surface area (Å²) in [5, 5.41) is 10.9. The van der Waals surface area contributed by atoms with E-state index >= 15 is 0 Å². The average molecular weight is 376 g/mol. The van der Waals surface area contributed by atoms with Gasteiger partial charge < -0.3 is 0 Å². The SMILES string of the molecule is CCCCN(C1CCS(=O)(=O)C1)S(=O)(=O)c1cccc([N+](=O)[O-])c1. The van der Waals surface area contributed by atoms with E-state index < -0.39 is 30.8 Å². The van der Waals surface area contributed by atoms with Gasteiger partial charge in [0.25, 0.3) is 5.69 Å². The fraction of sp³-hybridized carbons (Fsp3) is 0.571. The summed E-state index contributed by atoms with van der Waals surface area (Å²) < 4.78 is 50.5. The summed E-state index contributed by atoms with van der Waals surface area (Å²) in [4.78, 5) is 10.0. The predicted molar refractivity (Wildman–Crippen MR) is 89.0 cm³/mol. The third-order valence-corrected chi connectivity index (χ3v) is 7.68. The zero-order valence-corrected chi connectivity index (χ0v) is 14.9. The average Bonchev–Trinajstić information content (AvgIpc) is 2.87. The van der Waals surface area contributed by atoms with Crippen LogP contribution in [-0.2, 0) is 19.9 Å². The van der Waals surface area contributed by atoms with Gasteiger partial charge in [0.1, 0.15) is 0 Å². The van der Waals surface area contributed by atoms with E-state index in [1.165, 1.54) is 22.5 Å². The first kappa shape index (κ1) is 18.8. The maximum atomic E-state index is 12.9. The second-order valence-electron chi connectivity index (χ2n) is 5.78. The maximum Gasteiger partial charge on any atom is 0.270 e. The van der Waals surface area contributed by atoms with Crippen molar-refractivity contribution in [2.75, 3.05) is 18.1 Å². The lowest BCUT2D eigenvalue weighted by Gasteiger charge is -2.27. The van der Waals surface area contributed by atoms with Crippen LogP contribution in [0.15, 0.2) is 29.2 Å². The number of sulfonamides is 1. The molecule has 0 bridgehead atoms. The highest BCUT2D eigenvalue weighted by molar-refractivity contribution is 7.92. The number of nitro benzene ring substituents is 1. The highest BCUT2D eigenvalue weighted by Gasteiger charge is 2.38. The highest BCUT2D eigenvalue weighted by atomic mass is 32.2. The summed E-state index contributed by atoms with van der Waals surface area (Å²) in [5.41, 5.74) is -0.314. The van der Waals surface area contributed by atoms with Crippen molar-refractivity contribution in [2.45, 2.75) is 37.1 Å². The summed E-state index contributed by atoms with van der Waals surface area (Å²) in [6.07, 6.45) is 1.59. The van der Waals surface area contributed by atoms with E-state index in [-0.39, 0.29) is 35.1 Å². The lowest BCUT2D eigenvalue weighted by atomic mass is 10.2. The molecule has 1 heterocycles. The minimum Gasteiger partial charge on any atom is -0.258 e. The van der Waals surface area contributed by atoms with Gasteiger partial charge in [-0.25, -0.2) is 16.8 Å². The fourth-order valence-electron chi connectivity index (χ4n) is 2.71. The minimum atomic E-state index is -4.00. The normalized spacial score (nSPS) is 20.3. The van der Waals surface area contributed by atoms with Crippen molar-refractivity contribution in [3.63, 3.8) is 0 Å². The number of nitrogens with zero attached hydrogens (tertiary/aromatic N) is 2. The van der Waals surface area contributed by atoms with Gasteiger partial charge in [-0.05, 0) is 18.9 Å². The molecule has 1 atom stereocenters. The topological polar surface area (TPSA) is 115 Å². The number of rotatable bonds is 7. The van der Waals surface area contributed by atoms with Gasteiger partial charge in [0.15, 0.2) is 9.84 Å². The lowest BCUT2D eigenvalue weighted by Crippen LogP contribution is -2.41. The first-order valence-corrected chi connectivity index (χ1v) is 10.9. The smallest absolute Gasteiger partial charge is 0.258 e. The Hall–Kier alpha value is -1.52. The summed E-state index contributed by atoms with van der Waals surface area (Å²) >= 11 is 0. The molecule has 1 unspecified atom stereocenters. The number of nitro groups is 1. The molecule has 2 rings (SSSR count). The summed E-state index contributed by atoms with van der Waals surface area (Å²) in [6.45, 7) is 2.10. The zero-order chi connectivity index (χ0) is 18.0. The summed E-state index contributed by atoms with van der Waals surface area (Å²) in [7, 11) is -7.24. The Kier molecular flexibility index (Phi) is 5.61. The van der Waals surface area contributed by atoms with Crippen LogP contribution in [0.2, 0.25) is 0 Å². The number of hydrogen-bond acceptors (Lipinski definition) is 6. The summed E-state index contributed by atoms with van der Waals surface area (Å²) in [5.74, 6) is -0.240. The van der Waals surface area contributed by atoms with Crippen LogP contribution >= 0.6 is 0 Å². The van der Waals surface area contributed by atoms with E-state index in [4.69, 9.17) is 0 Å². The molecule has 0 saturated carbocycles. The molecule has 0 aliphatic carbocycles. The zero-order valence-electron chi connectivity index (χ0n) is 13.3. The van der Waals surface area contributed by atoms with Crippen molar-refractivity contribution in [1.82, 2.24) is 4.31 Å². The van der Waals surface area contributed by atoms with Gasteiger partial charge in [-0.3, -0.25) is 10.1 Å². The van der Waals surface area contributed by atoms with Crippen LogP contribution in [0.1, 0.15) is 26.2 Å². The molecule has 0 N–H and O–H groups in total. The third kappa shape index (κ3) is 4.11. The minimum absolute atomic E-state index is 0.0370. The van der Waals surface area contributed by atoms with Crippen LogP contribution in [0.3, 0.4) is 0 Å². The van der Waals surface area contributed by atoms with E-state index in [0.29, 0.717) is 6.42 Å². The van der Waals surface area contributed by atoms with E-state index in [0.717, 1.165) is 12.5 Å². The molecule has 0 radical (unpaired) electrons. The van der Waals surface area contributed by atoms with Gasteiger partial charge in [0, 0.05) is 24.7 Å². The van der Waals surface area contributed by atoms with Gasteiger partial charge in [-0.1, -0.05) is 19.4 Å². The molecule has 1 fully saturated rings. The molecule has 1 aromatic rings. The van der Waals surface area contributed by atoms with E-state index in [9.17, 15) is 26.9 Å². The number of benzene rings is 1. The molecule has 8 nitrogen and oxygen atoms in total. The van der Waals surface area contributed by atoms with Gasteiger partial charge in [0.05, 0.1) is 21.3 Å². The largest absolute Gasteiger partial charge is 0.270 e. The Balaban J connectivity index is 2.40. The molecule has 134 valence electrons. The van der Waals surface area contributed by atoms with Crippen molar-refractivity contribution in [3.05, 3.63) is 34.4 Å². The second-order valence-corrected chi connectivity index (χ2v) is 9.90. The lowest BCUT2D eigenvalue weighted by molar-refractivity contribution is -0.385. The Bertz CT molecular complexity index is 819. The molecule has 1 aliphatic rings. The molecule has 1 saturated heterocycles. The van der Waals surface area contributed by atoms with E-state index in [2.05, 4.69) is 0 Å². The van der Waals surface area contributed by atoms with E-state index in [1.807, 2.05) is 6.92 Å². The van der Waals surface area contributed by atoms with Crippen LogP contribution in [-0.4, -0.2) is 50.2 Å². The Morgan fingerprint density at radius 3 is 2.62 bits per heavy atom. The van der Waals surface area contributed by atoms with Crippen molar-refractivity contribution < 1.29 is 21.8 Å². The standard InChI is InChI=1S/C14H20N2O6S2/c1-2-3-8-15(13-7-9-23(19,20)11-13)24(21,22)14-6-4-5-12(10-14)16(17)18/h4-6,10,13H,2-3,7-9,11H2,1H3. The molecule has 1 aromatic carbocycles. The van der Waals surface area contributed by atoms with Crippen molar-refractivity contribution in [3.8, 4) is 0 Å². The Morgan fingerprint density at radius 2 is 2.08 bits per heavy atom. The molecule has 0 amide bonds. The summed E-state index contributed by atoms with van der Waals surface area (Å²) in [6, 6.07) is 4.22. The number of sulfone groups is 1. The molecule has 24 heavy (non-hydrogen) atoms. The van der Waals surface area contributed by atoms with Gasteiger partial charge >= 0.3 is 0 Å². The van der Waals surface area contributed by atoms with Crippen molar-refractivity contribution >= 4 is 25.5 Å². The monoisotopic (exact) mass is 376 g/mol. The maximum absolute atomic E-state index is 12.9. The second kappa shape index (κ2) is 7.16. The molecule has 0 spiro atoms. The number of unbranched alkanes of at least 4 members (excludes halogenated alkanes) is 1. The molecule has 1 aliphatic heterocycles.